The van der Waals surface area contributed by atoms with Crippen molar-refractivity contribution in [2.45, 2.75) is 6.54 Å². The molecule has 158 valence electrons. The van der Waals surface area contributed by atoms with Crippen LogP contribution in [0.4, 0.5) is 10.1 Å². The quantitative estimate of drug-likeness (QED) is 0.499. The van der Waals surface area contributed by atoms with Gasteiger partial charge in [0.15, 0.2) is 22.9 Å². The van der Waals surface area contributed by atoms with E-state index in [0.29, 0.717) is 22.5 Å². The number of halogens is 1. The van der Waals surface area contributed by atoms with Gasteiger partial charge in [0.1, 0.15) is 11.3 Å². The van der Waals surface area contributed by atoms with Gasteiger partial charge in [-0.1, -0.05) is 12.1 Å². The van der Waals surface area contributed by atoms with Crippen LogP contribution in [0, 0.1) is 5.82 Å². The summed E-state index contributed by atoms with van der Waals surface area (Å²) in [5.41, 5.74) is 0.874. The third kappa shape index (κ3) is 4.28. The Labute approximate surface area is 176 Å². The van der Waals surface area contributed by atoms with Crippen LogP contribution in [0.25, 0.3) is 11.0 Å². The van der Waals surface area contributed by atoms with E-state index in [4.69, 9.17) is 18.3 Å². The zero-order chi connectivity index (χ0) is 21.8. The third-order valence-electron chi connectivity index (χ3n) is 4.57. The number of carbonyl (C=O) groups excluding carboxylic acids is 1. The second-order valence-corrected chi connectivity index (χ2v) is 6.54. The standard InChI is InChI=1S/C23H19FN2O5/c1-28-19-9-8-15(12-18(19)24)26-23-17(22(27)25-13-16-6-4-10-30-16)11-14-5-3-7-20(29-2)21(14)31-23/h3-12H,13H2,1-2H3,(H,25,27). The molecule has 0 saturated heterocycles. The lowest BCUT2D eigenvalue weighted by molar-refractivity contribution is 0.0944. The Morgan fingerprint density at radius 3 is 2.61 bits per heavy atom. The minimum atomic E-state index is -0.578. The molecule has 4 rings (SSSR count). The van der Waals surface area contributed by atoms with Gasteiger partial charge in [-0.05, 0) is 36.4 Å². The van der Waals surface area contributed by atoms with Gasteiger partial charge in [-0.2, -0.15) is 0 Å². The summed E-state index contributed by atoms with van der Waals surface area (Å²) in [6.07, 6.45) is 1.53. The summed E-state index contributed by atoms with van der Waals surface area (Å²) in [5, 5.41) is 3.43. The van der Waals surface area contributed by atoms with E-state index in [2.05, 4.69) is 10.3 Å². The van der Waals surface area contributed by atoms with Crippen molar-refractivity contribution in [3.8, 4) is 11.5 Å². The van der Waals surface area contributed by atoms with Crippen LogP contribution in [0.5, 0.6) is 11.5 Å². The van der Waals surface area contributed by atoms with Gasteiger partial charge in [-0.25, -0.2) is 9.38 Å². The highest BCUT2D eigenvalue weighted by Crippen LogP contribution is 2.26. The molecule has 2 aromatic heterocycles. The second-order valence-electron chi connectivity index (χ2n) is 6.54. The van der Waals surface area contributed by atoms with Crippen molar-refractivity contribution in [2.24, 2.45) is 4.99 Å². The average molecular weight is 422 g/mol. The molecular formula is C23H19FN2O5. The Morgan fingerprint density at radius 2 is 1.90 bits per heavy atom. The van der Waals surface area contributed by atoms with E-state index in [0.717, 1.165) is 0 Å². The molecule has 0 atom stereocenters. The molecule has 1 N–H and O–H groups in total. The second kappa shape index (κ2) is 8.74. The van der Waals surface area contributed by atoms with E-state index in [9.17, 15) is 9.18 Å². The first-order chi connectivity index (χ1) is 15.1. The predicted molar refractivity (Wildman–Crippen MR) is 111 cm³/mol. The topological polar surface area (TPSA) is 86.2 Å². The lowest BCUT2D eigenvalue weighted by Gasteiger charge is -2.08. The van der Waals surface area contributed by atoms with Crippen LogP contribution >= 0.6 is 0 Å². The number of rotatable bonds is 6. The zero-order valence-corrected chi connectivity index (χ0v) is 16.8. The number of furan rings is 1. The Balaban J connectivity index is 1.83. The van der Waals surface area contributed by atoms with Crippen molar-refractivity contribution >= 4 is 22.6 Å². The van der Waals surface area contributed by atoms with Crippen LogP contribution in [-0.4, -0.2) is 20.1 Å². The van der Waals surface area contributed by atoms with E-state index in [1.165, 1.54) is 32.6 Å². The number of hydrogen-bond donors (Lipinski definition) is 1. The number of fused-ring (bicyclic) bond motifs is 1. The maximum absolute atomic E-state index is 14.1. The monoisotopic (exact) mass is 422 g/mol. The van der Waals surface area contributed by atoms with Gasteiger partial charge >= 0.3 is 0 Å². The first-order valence-corrected chi connectivity index (χ1v) is 9.38. The number of hydrogen-bond acceptors (Lipinski definition) is 6. The average Bonchev–Trinajstić information content (AvgIpc) is 3.30. The zero-order valence-electron chi connectivity index (χ0n) is 16.8. The SMILES string of the molecule is COc1ccc(N=c2oc3c(OC)cccc3cc2C(=O)NCc2ccco2)cc1F. The van der Waals surface area contributed by atoms with Gasteiger partial charge in [-0.15, -0.1) is 0 Å². The molecule has 2 aromatic carbocycles. The summed E-state index contributed by atoms with van der Waals surface area (Å²) in [6.45, 7) is 0.193. The first-order valence-electron chi connectivity index (χ1n) is 9.38. The van der Waals surface area contributed by atoms with E-state index in [1.807, 2.05) is 0 Å². The number of ether oxygens (including phenoxy) is 2. The Kier molecular flexibility index (Phi) is 5.70. The number of benzene rings is 2. The third-order valence-corrected chi connectivity index (χ3v) is 4.57. The van der Waals surface area contributed by atoms with Crippen molar-refractivity contribution < 1.29 is 27.5 Å². The first kappa shape index (κ1) is 20.2. The minimum Gasteiger partial charge on any atom is -0.494 e. The predicted octanol–water partition coefficient (Wildman–Crippen LogP) is 4.34. The fourth-order valence-corrected chi connectivity index (χ4v) is 3.05. The van der Waals surface area contributed by atoms with E-state index < -0.39 is 11.7 Å². The largest absolute Gasteiger partial charge is 0.494 e. The van der Waals surface area contributed by atoms with Crippen molar-refractivity contribution in [3.05, 3.63) is 83.6 Å². The molecule has 7 nitrogen and oxygen atoms in total. The van der Waals surface area contributed by atoms with Crippen molar-refractivity contribution in [1.29, 1.82) is 0 Å². The summed E-state index contributed by atoms with van der Waals surface area (Å²) in [7, 11) is 2.89. The fourth-order valence-electron chi connectivity index (χ4n) is 3.05. The summed E-state index contributed by atoms with van der Waals surface area (Å²) in [4.78, 5) is 17.3. The molecule has 0 unspecified atom stereocenters. The molecule has 1 amide bonds. The molecule has 4 aromatic rings. The number of nitrogens with one attached hydrogen (secondary N) is 1. The van der Waals surface area contributed by atoms with Gasteiger partial charge in [0, 0.05) is 11.5 Å². The van der Waals surface area contributed by atoms with Crippen LogP contribution < -0.4 is 20.3 Å². The van der Waals surface area contributed by atoms with Crippen molar-refractivity contribution in [2.75, 3.05) is 14.2 Å². The molecule has 0 saturated carbocycles. The van der Waals surface area contributed by atoms with Crippen LogP contribution in [0.15, 0.2) is 74.7 Å². The van der Waals surface area contributed by atoms with E-state index in [1.54, 1.807) is 42.5 Å². The maximum atomic E-state index is 14.1. The highest BCUT2D eigenvalue weighted by molar-refractivity contribution is 5.97. The van der Waals surface area contributed by atoms with E-state index >= 15 is 0 Å². The molecule has 0 aliphatic carbocycles. The van der Waals surface area contributed by atoms with Crippen LogP contribution in [0.1, 0.15) is 16.1 Å². The Bertz CT molecular complexity index is 1300. The maximum Gasteiger partial charge on any atom is 0.257 e. The molecule has 0 aliphatic rings. The van der Waals surface area contributed by atoms with Gasteiger partial charge in [0.25, 0.3) is 5.91 Å². The van der Waals surface area contributed by atoms with Crippen LogP contribution in [0.3, 0.4) is 0 Å². The summed E-state index contributed by atoms with van der Waals surface area (Å²) in [6, 6.07) is 14.7. The van der Waals surface area contributed by atoms with Crippen LogP contribution in [0.2, 0.25) is 0 Å². The van der Waals surface area contributed by atoms with Gasteiger partial charge < -0.3 is 23.6 Å². The number of methoxy groups -OCH3 is 2. The molecule has 31 heavy (non-hydrogen) atoms. The van der Waals surface area contributed by atoms with Gasteiger partial charge in [-0.3, -0.25) is 4.79 Å². The summed E-state index contributed by atoms with van der Waals surface area (Å²) in [5.74, 6) is 0.178. The highest BCUT2D eigenvalue weighted by Gasteiger charge is 2.15. The fraction of sp³-hybridized carbons (Fsp3) is 0.130. The van der Waals surface area contributed by atoms with E-state index in [-0.39, 0.29) is 29.1 Å². The molecule has 0 radical (unpaired) electrons. The van der Waals surface area contributed by atoms with Crippen molar-refractivity contribution in [3.63, 3.8) is 0 Å². The number of para-hydroxylation sites is 1. The molecule has 0 aliphatic heterocycles. The normalized spacial score (nSPS) is 11.5. The lowest BCUT2D eigenvalue weighted by atomic mass is 10.1. The minimum absolute atomic E-state index is 0.0125. The smallest absolute Gasteiger partial charge is 0.257 e. The number of amides is 1. The summed E-state index contributed by atoms with van der Waals surface area (Å²) >= 11 is 0. The Morgan fingerprint density at radius 1 is 1.06 bits per heavy atom. The number of nitrogens with zero attached hydrogens (tertiary/aromatic N) is 1. The molecule has 0 bridgehead atoms. The van der Waals surface area contributed by atoms with Crippen LogP contribution in [-0.2, 0) is 6.54 Å². The highest BCUT2D eigenvalue weighted by atomic mass is 19.1. The summed E-state index contributed by atoms with van der Waals surface area (Å²) < 4.78 is 35.6. The van der Waals surface area contributed by atoms with Gasteiger partial charge in [0.05, 0.1) is 32.7 Å². The molecule has 0 spiro atoms. The molecular weight excluding hydrogens is 403 g/mol. The molecule has 8 heteroatoms. The Hall–Kier alpha value is -4.07. The number of carbonyl (C=O) groups is 1. The molecule has 2 heterocycles. The molecule has 0 fully saturated rings. The van der Waals surface area contributed by atoms with Gasteiger partial charge in [0.2, 0.25) is 5.55 Å². The van der Waals surface area contributed by atoms with Crippen molar-refractivity contribution in [1.82, 2.24) is 5.32 Å². The lowest BCUT2D eigenvalue weighted by Crippen LogP contribution is -2.28.